The number of Topliss-reactive ketones (excluding diaryl/α,β-unsaturated/α-hetero) is 2. The Balaban J connectivity index is 1.57. The summed E-state index contributed by atoms with van der Waals surface area (Å²) in [7, 11) is 0. The van der Waals surface area contributed by atoms with Gasteiger partial charge in [0.25, 0.3) is 5.91 Å². The lowest BCUT2D eigenvalue weighted by molar-refractivity contribution is -0.162. The Labute approximate surface area is 153 Å². The number of carbonyl (C=O) groups excluding carboxylic acids is 4. The highest BCUT2D eigenvalue weighted by Gasteiger charge is 2.53. The molecule has 0 aliphatic heterocycles. The molecule has 2 aromatic rings. The molecule has 0 saturated heterocycles. The molecule has 1 aliphatic rings. The average molecular weight is 373 g/mol. The Bertz CT molecular complexity index is 911. The molecule has 0 atom stereocenters. The number of ether oxygens (including phenoxy) is 1. The van der Waals surface area contributed by atoms with Crippen LogP contribution in [0, 0.1) is 5.82 Å². The van der Waals surface area contributed by atoms with Crippen LogP contribution in [0.2, 0.25) is 0 Å². The number of rotatable bonds is 8. The Morgan fingerprint density at radius 1 is 1.07 bits per heavy atom. The zero-order valence-electron chi connectivity index (χ0n) is 14.2. The lowest BCUT2D eigenvalue weighted by atomic mass is 10.1. The number of halogens is 1. The van der Waals surface area contributed by atoms with Crippen molar-refractivity contribution < 1.29 is 32.7 Å². The van der Waals surface area contributed by atoms with Gasteiger partial charge in [-0.25, -0.2) is 9.18 Å². The molecule has 27 heavy (non-hydrogen) atoms. The van der Waals surface area contributed by atoms with Gasteiger partial charge < -0.3 is 14.9 Å². The van der Waals surface area contributed by atoms with Gasteiger partial charge in [0.05, 0.1) is 6.42 Å². The molecule has 0 spiro atoms. The van der Waals surface area contributed by atoms with E-state index in [4.69, 9.17) is 14.9 Å². The van der Waals surface area contributed by atoms with E-state index >= 15 is 0 Å². The van der Waals surface area contributed by atoms with Gasteiger partial charge in [0.15, 0.2) is 11.4 Å². The molecule has 1 amide bonds. The smallest absolute Gasteiger partial charge is 0.376 e. The average Bonchev–Trinajstić information content (AvgIpc) is 3.26. The monoisotopic (exact) mass is 373 g/mol. The third kappa shape index (κ3) is 4.28. The number of furan rings is 1. The second-order valence-corrected chi connectivity index (χ2v) is 6.34. The fourth-order valence-corrected chi connectivity index (χ4v) is 2.48. The maximum absolute atomic E-state index is 12.9. The van der Waals surface area contributed by atoms with E-state index in [9.17, 15) is 23.6 Å². The van der Waals surface area contributed by atoms with Crippen molar-refractivity contribution in [2.24, 2.45) is 5.73 Å². The minimum atomic E-state index is -1.41. The van der Waals surface area contributed by atoms with Gasteiger partial charge in [-0.1, -0.05) is 12.1 Å². The summed E-state index contributed by atoms with van der Waals surface area (Å²) in [6.45, 7) is 0. The zero-order chi connectivity index (χ0) is 19.6. The Kier molecular flexibility index (Phi) is 4.89. The van der Waals surface area contributed by atoms with E-state index in [-0.39, 0.29) is 24.4 Å². The molecule has 3 rings (SSSR count). The number of hydrogen-bond acceptors (Lipinski definition) is 6. The van der Waals surface area contributed by atoms with Crippen molar-refractivity contribution in [2.75, 3.05) is 0 Å². The van der Waals surface area contributed by atoms with Gasteiger partial charge in [0.2, 0.25) is 11.6 Å². The quantitative estimate of drug-likeness (QED) is 0.326. The first-order valence-electron chi connectivity index (χ1n) is 8.21. The number of esters is 1. The molecule has 1 aromatic carbocycles. The highest BCUT2D eigenvalue weighted by atomic mass is 19.1. The van der Waals surface area contributed by atoms with Gasteiger partial charge in [-0.05, 0) is 29.8 Å². The largest absolute Gasteiger partial charge is 0.458 e. The van der Waals surface area contributed by atoms with Gasteiger partial charge >= 0.3 is 5.97 Å². The molecule has 2 N–H and O–H groups in total. The van der Waals surface area contributed by atoms with Crippen LogP contribution in [0.15, 0.2) is 40.8 Å². The summed E-state index contributed by atoms with van der Waals surface area (Å²) < 4.78 is 23.1. The second-order valence-electron chi connectivity index (χ2n) is 6.34. The summed E-state index contributed by atoms with van der Waals surface area (Å²) in [6.07, 6.45) is 0.127. The van der Waals surface area contributed by atoms with E-state index in [1.54, 1.807) is 18.2 Å². The summed E-state index contributed by atoms with van der Waals surface area (Å²) in [5.41, 5.74) is 4.49. The molecule has 1 fully saturated rings. The second kappa shape index (κ2) is 7.14. The Morgan fingerprint density at radius 3 is 2.33 bits per heavy atom. The fourth-order valence-electron chi connectivity index (χ4n) is 2.48. The Hall–Kier alpha value is -3.29. The van der Waals surface area contributed by atoms with Crippen LogP contribution in [0.4, 0.5) is 4.39 Å². The van der Waals surface area contributed by atoms with Gasteiger partial charge in [0.1, 0.15) is 11.6 Å². The van der Waals surface area contributed by atoms with E-state index in [1.165, 1.54) is 18.2 Å². The number of primary amides is 1. The summed E-state index contributed by atoms with van der Waals surface area (Å²) in [5.74, 6) is -3.84. The van der Waals surface area contributed by atoms with Crippen LogP contribution in [-0.2, 0) is 25.5 Å². The van der Waals surface area contributed by atoms with Crippen molar-refractivity contribution in [1.82, 2.24) is 0 Å². The molecule has 140 valence electrons. The summed E-state index contributed by atoms with van der Waals surface area (Å²) >= 11 is 0. The lowest BCUT2D eigenvalue weighted by Gasteiger charge is -2.11. The molecule has 0 unspecified atom stereocenters. The van der Waals surface area contributed by atoms with E-state index in [2.05, 4.69) is 0 Å². The molecule has 8 heteroatoms. The number of nitrogens with two attached hydrogens (primary N) is 1. The Morgan fingerprint density at radius 2 is 1.74 bits per heavy atom. The van der Waals surface area contributed by atoms with Gasteiger partial charge in [-0.15, -0.1) is 0 Å². The van der Waals surface area contributed by atoms with E-state index in [0.29, 0.717) is 12.2 Å². The first-order valence-corrected chi connectivity index (χ1v) is 8.21. The fraction of sp³-hybridized carbons (Fsp3) is 0.263. The highest BCUT2D eigenvalue weighted by molar-refractivity contribution is 6.38. The third-order valence-corrected chi connectivity index (χ3v) is 4.22. The van der Waals surface area contributed by atoms with Crippen LogP contribution < -0.4 is 5.73 Å². The predicted octanol–water partition coefficient (Wildman–Crippen LogP) is 1.71. The molecule has 1 aromatic heterocycles. The molecule has 0 radical (unpaired) electrons. The molecule has 1 heterocycles. The molecular formula is C19H16FNO6. The van der Waals surface area contributed by atoms with Crippen LogP contribution in [0.5, 0.6) is 0 Å². The van der Waals surface area contributed by atoms with Crippen molar-refractivity contribution in [2.45, 2.75) is 31.3 Å². The van der Waals surface area contributed by atoms with Crippen molar-refractivity contribution in [3.8, 4) is 0 Å². The minimum absolute atomic E-state index is 0.0794. The molecular weight excluding hydrogens is 357 g/mol. The normalized spacial score (nSPS) is 14.4. The topological polar surface area (TPSA) is 117 Å². The molecule has 1 saturated carbocycles. The maximum atomic E-state index is 12.9. The summed E-state index contributed by atoms with van der Waals surface area (Å²) in [5, 5.41) is 0. The van der Waals surface area contributed by atoms with Crippen molar-refractivity contribution in [3.05, 3.63) is 59.3 Å². The van der Waals surface area contributed by atoms with Crippen LogP contribution in [0.25, 0.3) is 0 Å². The van der Waals surface area contributed by atoms with Crippen LogP contribution in [0.3, 0.4) is 0 Å². The van der Waals surface area contributed by atoms with Crippen LogP contribution in [0.1, 0.15) is 41.1 Å². The van der Waals surface area contributed by atoms with E-state index in [1.807, 2.05) is 0 Å². The highest BCUT2D eigenvalue weighted by Crippen LogP contribution is 2.39. The first kappa shape index (κ1) is 18.5. The molecule has 7 nitrogen and oxygen atoms in total. The van der Waals surface area contributed by atoms with Gasteiger partial charge in [-0.2, -0.15) is 0 Å². The SMILES string of the molecule is NC(=O)C1(OC(=O)C(=O)CC(=O)c2ccc(Cc3ccc(F)cc3)o2)CC1. The number of amides is 1. The van der Waals surface area contributed by atoms with E-state index in [0.717, 1.165) is 5.56 Å². The minimum Gasteiger partial charge on any atom is -0.458 e. The van der Waals surface area contributed by atoms with Crippen LogP contribution >= 0.6 is 0 Å². The number of hydrogen-bond donors (Lipinski definition) is 1. The van der Waals surface area contributed by atoms with Crippen molar-refractivity contribution >= 4 is 23.4 Å². The van der Waals surface area contributed by atoms with Crippen LogP contribution in [-0.4, -0.2) is 29.0 Å². The van der Waals surface area contributed by atoms with Gasteiger partial charge in [-0.3, -0.25) is 14.4 Å². The predicted molar refractivity (Wildman–Crippen MR) is 89.1 cm³/mol. The van der Waals surface area contributed by atoms with Crippen molar-refractivity contribution in [1.29, 1.82) is 0 Å². The third-order valence-electron chi connectivity index (χ3n) is 4.22. The molecule has 0 bridgehead atoms. The lowest BCUT2D eigenvalue weighted by Crippen LogP contribution is -2.37. The maximum Gasteiger partial charge on any atom is 0.376 e. The molecule has 1 aliphatic carbocycles. The summed E-state index contributed by atoms with van der Waals surface area (Å²) in [6, 6.07) is 8.76. The standard InChI is InChI=1S/C19H16FNO6/c20-12-3-1-11(2-4-12)9-13-5-6-16(26-13)14(22)10-15(23)17(24)27-19(7-8-19)18(21)25/h1-6H,7-10H2,(H2,21,25). The zero-order valence-corrected chi connectivity index (χ0v) is 14.2. The first-order chi connectivity index (χ1) is 12.8. The van der Waals surface area contributed by atoms with Crippen molar-refractivity contribution in [3.63, 3.8) is 0 Å². The van der Waals surface area contributed by atoms with Gasteiger partial charge in [0, 0.05) is 19.3 Å². The number of carbonyl (C=O) groups is 4. The number of ketones is 2. The van der Waals surface area contributed by atoms with E-state index < -0.39 is 35.5 Å². The number of benzene rings is 1. The summed E-state index contributed by atoms with van der Waals surface area (Å²) in [4.78, 5) is 46.9.